The van der Waals surface area contributed by atoms with E-state index in [-0.39, 0.29) is 17.9 Å². The molecule has 0 atom stereocenters. The van der Waals surface area contributed by atoms with Crippen LogP contribution in [0.2, 0.25) is 0 Å². The van der Waals surface area contributed by atoms with Crippen LogP contribution in [0.4, 0.5) is 11.4 Å². The van der Waals surface area contributed by atoms with Crippen LogP contribution in [0.15, 0.2) is 48.5 Å². The maximum absolute atomic E-state index is 12.0. The molecule has 0 spiro atoms. The van der Waals surface area contributed by atoms with Crippen molar-refractivity contribution < 1.29 is 9.59 Å². The van der Waals surface area contributed by atoms with Crippen molar-refractivity contribution >= 4 is 23.2 Å². The first-order chi connectivity index (χ1) is 11.3. The molecule has 0 heterocycles. The summed E-state index contributed by atoms with van der Waals surface area (Å²) in [6.07, 6.45) is 0. The normalized spacial score (nSPS) is 11.0. The average molecular weight is 325 g/mol. The quantitative estimate of drug-likeness (QED) is 0.789. The SMILES string of the molecule is CC(C)(C)c1ccc(NC(=O)CNc2ccc(C(N)=O)cc2)cc1. The topological polar surface area (TPSA) is 84.2 Å². The molecular weight excluding hydrogens is 302 g/mol. The number of hydrogen-bond acceptors (Lipinski definition) is 3. The second kappa shape index (κ2) is 7.17. The molecule has 5 nitrogen and oxygen atoms in total. The first-order valence-corrected chi connectivity index (χ1v) is 7.80. The van der Waals surface area contributed by atoms with Gasteiger partial charge in [0.15, 0.2) is 0 Å². The number of amides is 2. The molecule has 0 aliphatic carbocycles. The van der Waals surface area contributed by atoms with Crippen molar-refractivity contribution in [1.29, 1.82) is 0 Å². The number of benzene rings is 2. The summed E-state index contributed by atoms with van der Waals surface area (Å²) in [5.74, 6) is -0.615. The van der Waals surface area contributed by atoms with Crippen LogP contribution in [0.25, 0.3) is 0 Å². The van der Waals surface area contributed by atoms with Crippen molar-refractivity contribution in [1.82, 2.24) is 0 Å². The van der Waals surface area contributed by atoms with Gasteiger partial charge in [-0.05, 0) is 47.4 Å². The molecule has 0 saturated carbocycles. The zero-order valence-corrected chi connectivity index (χ0v) is 14.2. The third-order valence-corrected chi connectivity index (χ3v) is 3.66. The number of nitrogens with two attached hydrogens (primary N) is 1. The molecule has 2 aromatic rings. The maximum Gasteiger partial charge on any atom is 0.248 e. The van der Waals surface area contributed by atoms with Gasteiger partial charge in [-0.15, -0.1) is 0 Å². The molecule has 5 heteroatoms. The summed E-state index contributed by atoms with van der Waals surface area (Å²) < 4.78 is 0. The highest BCUT2D eigenvalue weighted by Crippen LogP contribution is 2.23. The third-order valence-electron chi connectivity index (χ3n) is 3.66. The van der Waals surface area contributed by atoms with Gasteiger partial charge >= 0.3 is 0 Å². The molecule has 0 aliphatic heterocycles. The largest absolute Gasteiger partial charge is 0.376 e. The van der Waals surface area contributed by atoms with Crippen LogP contribution in [0.3, 0.4) is 0 Å². The minimum atomic E-state index is -0.474. The summed E-state index contributed by atoms with van der Waals surface area (Å²) in [6.45, 7) is 6.58. The van der Waals surface area contributed by atoms with Gasteiger partial charge in [-0.2, -0.15) is 0 Å². The van der Waals surface area contributed by atoms with Crippen molar-refractivity contribution in [2.24, 2.45) is 5.73 Å². The van der Waals surface area contributed by atoms with Gasteiger partial charge in [-0.1, -0.05) is 32.9 Å². The second-order valence-corrected chi connectivity index (χ2v) is 6.67. The fourth-order valence-electron chi connectivity index (χ4n) is 2.19. The molecule has 2 rings (SSSR count). The Bertz CT molecular complexity index is 714. The van der Waals surface area contributed by atoms with Gasteiger partial charge in [0.1, 0.15) is 0 Å². The Kier molecular flexibility index (Phi) is 5.24. The molecule has 0 saturated heterocycles. The van der Waals surface area contributed by atoms with E-state index in [4.69, 9.17) is 5.73 Å². The van der Waals surface area contributed by atoms with Gasteiger partial charge in [-0.25, -0.2) is 0 Å². The number of nitrogens with one attached hydrogen (secondary N) is 2. The smallest absolute Gasteiger partial charge is 0.248 e. The highest BCUT2D eigenvalue weighted by Gasteiger charge is 2.13. The first-order valence-electron chi connectivity index (χ1n) is 7.80. The lowest BCUT2D eigenvalue weighted by atomic mass is 9.87. The monoisotopic (exact) mass is 325 g/mol. The molecule has 24 heavy (non-hydrogen) atoms. The van der Waals surface area contributed by atoms with Gasteiger partial charge in [0, 0.05) is 16.9 Å². The van der Waals surface area contributed by atoms with Gasteiger partial charge in [0.25, 0.3) is 0 Å². The van der Waals surface area contributed by atoms with Crippen LogP contribution in [-0.2, 0) is 10.2 Å². The lowest BCUT2D eigenvalue weighted by molar-refractivity contribution is -0.114. The summed E-state index contributed by atoms with van der Waals surface area (Å²) in [6, 6.07) is 14.5. The van der Waals surface area contributed by atoms with E-state index < -0.39 is 5.91 Å². The van der Waals surface area contributed by atoms with Crippen LogP contribution < -0.4 is 16.4 Å². The Balaban J connectivity index is 1.88. The van der Waals surface area contributed by atoms with Crippen molar-refractivity contribution in [3.8, 4) is 0 Å². The minimum absolute atomic E-state index is 0.0845. The van der Waals surface area contributed by atoms with Gasteiger partial charge < -0.3 is 16.4 Å². The van der Waals surface area contributed by atoms with Gasteiger partial charge in [0.2, 0.25) is 11.8 Å². The number of carbonyl (C=O) groups is 2. The molecule has 4 N–H and O–H groups in total. The molecule has 0 bridgehead atoms. The Morgan fingerprint density at radius 1 is 0.917 bits per heavy atom. The van der Waals surface area contributed by atoms with Crippen LogP contribution in [-0.4, -0.2) is 18.4 Å². The van der Waals surface area contributed by atoms with Crippen LogP contribution in [0.5, 0.6) is 0 Å². The van der Waals surface area contributed by atoms with E-state index in [1.807, 2.05) is 24.3 Å². The number of rotatable bonds is 5. The highest BCUT2D eigenvalue weighted by molar-refractivity contribution is 5.94. The van der Waals surface area contributed by atoms with E-state index in [1.54, 1.807) is 24.3 Å². The molecule has 2 amide bonds. The van der Waals surface area contributed by atoms with Crippen molar-refractivity contribution in [3.63, 3.8) is 0 Å². The molecule has 0 aromatic heterocycles. The Hall–Kier alpha value is -2.82. The molecule has 0 fully saturated rings. The molecule has 126 valence electrons. The molecule has 0 unspecified atom stereocenters. The Morgan fingerprint density at radius 3 is 1.96 bits per heavy atom. The average Bonchev–Trinajstić information content (AvgIpc) is 2.53. The molecule has 2 aromatic carbocycles. The van der Waals surface area contributed by atoms with Crippen LogP contribution in [0, 0.1) is 0 Å². The highest BCUT2D eigenvalue weighted by atomic mass is 16.2. The zero-order chi connectivity index (χ0) is 17.7. The maximum atomic E-state index is 12.0. The summed E-state index contributed by atoms with van der Waals surface area (Å²) >= 11 is 0. The van der Waals surface area contributed by atoms with Gasteiger partial charge in [-0.3, -0.25) is 9.59 Å². The van der Waals surface area contributed by atoms with E-state index in [1.165, 1.54) is 5.56 Å². The summed E-state index contributed by atoms with van der Waals surface area (Å²) in [5, 5.41) is 5.85. The molecule has 0 radical (unpaired) electrons. The fraction of sp³-hybridized carbons (Fsp3) is 0.263. The van der Waals surface area contributed by atoms with E-state index in [0.29, 0.717) is 5.56 Å². The zero-order valence-electron chi connectivity index (χ0n) is 14.2. The predicted molar refractivity (Wildman–Crippen MR) is 97.2 cm³/mol. The lowest BCUT2D eigenvalue weighted by Gasteiger charge is -2.19. The number of primary amides is 1. The predicted octanol–water partition coefficient (Wildman–Crippen LogP) is 3.13. The van der Waals surface area contributed by atoms with E-state index in [9.17, 15) is 9.59 Å². The van der Waals surface area contributed by atoms with E-state index >= 15 is 0 Å². The van der Waals surface area contributed by atoms with E-state index in [0.717, 1.165) is 11.4 Å². The molecule has 0 aliphatic rings. The van der Waals surface area contributed by atoms with Crippen molar-refractivity contribution in [2.45, 2.75) is 26.2 Å². The number of carbonyl (C=O) groups excluding carboxylic acids is 2. The first kappa shape index (κ1) is 17.5. The van der Waals surface area contributed by atoms with Crippen LogP contribution in [0.1, 0.15) is 36.7 Å². The number of hydrogen-bond donors (Lipinski definition) is 3. The molecular formula is C19H23N3O2. The fourth-order valence-corrected chi connectivity index (χ4v) is 2.19. The summed E-state index contributed by atoms with van der Waals surface area (Å²) in [4.78, 5) is 23.0. The number of anilines is 2. The summed E-state index contributed by atoms with van der Waals surface area (Å²) in [5.41, 5.74) is 8.43. The Labute approximate surface area is 142 Å². The van der Waals surface area contributed by atoms with Crippen LogP contribution >= 0.6 is 0 Å². The van der Waals surface area contributed by atoms with Crippen molar-refractivity contribution in [2.75, 3.05) is 17.2 Å². The lowest BCUT2D eigenvalue weighted by Crippen LogP contribution is -2.22. The van der Waals surface area contributed by atoms with Crippen molar-refractivity contribution in [3.05, 3.63) is 59.7 Å². The second-order valence-electron chi connectivity index (χ2n) is 6.67. The Morgan fingerprint density at radius 2 is 1.46 bits per heavy atom. The van der Waals surface area contributed by atoms with E-state index in [2.05, 4.69) is 31.4 Å². The standard InChI is InChI=1S/C19H23N3O2/c1-19(2,3)14-6-10-16(11-7-14)22-17(23)12-21-15-8-4-13(5-9-15)18(20)24/h4-11,21H,12H2,1-3H3,(H2,20,24)(H,22,23). The minimum Gasteiger partial charge on any atom is -0.376 e. The van der Waals surface area contributed by atoms with Gasteiger partial charge in [0.05, 0.1) is 6.54 Å². The summed E-state index contributed by atoms with van der Waals surface area (Å²) in [7, 11) is 0. The third kappa shape index (κ3) is 4.84.